The lowest BCUT2D eigenvalue weighted by Crippen LogP contribution is -2.24. The first-order chi connectivity index (χ1) is 11.7. The Balaban J connectivity index is 2.11. The van der Waals surface area contributed by atoms with E-state index in [9.17, 15) is 18.0 Å². The molecular formula is C19H21F3N2O. The van der Waals surface area contributed by atoms with Crippen LogP contribution in [0, 0.1) is 6.92 Å². The predicted octanol–water partition coefficient (Wildman–Crippen LogP) is 5.19. The van der Waals surface area contributed by atoms with Gasteiger partial charge in [-0.1, -0.05) is 44.2 Å². The second kappa shape index (κ2) is 7.59. The zero-order valence-corrected chi connectivity index (χ0v) is 14.4. The van der Waals surface area contributed by atoms with Gasteiger partial charge in [-0.15, -0.1) is 0 Å². The number of anilines is 2. The fourth-order valence-electron chi connectivity index (χ4n) is 2.59. The van der Waals surface area contributed by atoms with Gasteiger partial charge in [0, 0.05) is 11.4 Å². The zero-order chi connectivity index (χ0) is 18.6. The van der Waals surface area contributed by atoms with E-state index in [1.165, 1.54) is 18.2 Å². The minimum absolute atomic E-state index is 0.112. The second-order valence-electron chi connectivity index (χ2n) is 6.14. The molecule has 0 fully saturated rings. The summed E-state index contributed by atoms with van der Waals surface area (Å²) < 4.78 is 38.9. The normalized spacial score (nSPS) is 11.5. The number of aryl methyl sites for hydroxylation is 1. The van der Waals surface area contributed by atoms with Gasteiger partial charge in [0.1, 0.15) is 0 Å². The number of hydrogen-bond donors (Lipinski definition) is 2. The maximum atomic E-state index is 13.0. The molecule has 0 aromatic heterocycles. The van der Waals surface area contributed by atoms with Crippen molar-refractivity contribution < 1.29 is 18.0 Å². The second-order valence-corrected chi connectivity index (χ2v) is 6.14. The summed E-state index contributed by atoms with van der Waals surface area (Å²) in [7, 11) is 0. The molecule has 0 bridgehead atoms. The highest BCUT2D eigenvalue weighted by molar-refractivity contribution is 5.95. The first-order valence-corrected chi connectivity index (χ1v) is 7.99. The van der Waals surface area contributed by atoms with Crippen molar-refractivity contribution in [2.45, 2.75) is 32.9 Å². The summed E-state index contributed by atoms with van der Waals surface area (Å²) in [6.45, 7) is 5.66. The molecule has 6 heteroatoms. The number of amides is 1. The number of para-hydroxylation sites is 2. The van der Waals surface area contributed by atoms with Crippen LogP contribution < -0.4 is 10.6 Å². The van der Waals surface area contributed by atoms with Crippen molar-refractivity contribution in [3.8, 4) is 0 Å². The maximum absolute atomic E-state index is 13.0. The van der Waals surface area contributed by atoms with Gasteiger partial charge >= 0.3 is 6.18 Å². The predicted molar refractivity (Wildman–Crippen MR) is 93.8 cm³/mol. The Morgan fingerprint density at radius 1 is 1.08 bits per heavy atom. The summed E-state index contributed by atoms with van der Waals surface area (Å²) in [6.07, 6.45) is -4.47. The maximum Gasteiger partial charge on any atom is 0.418 e. The first-order valence-electron chi connectivity index (χ1n) is 7.99. The highest BCUT2D eigenvalue weighted by Crippen LogP contribution is 2.34. The molecule has 2 aromatic carbocycles. The highest BCUT2D eigenvalue weighted by Gasteiger charge is 2.33. The average molecular weight is 350 g/mol. The Kier molecular flexibility index (Phi) is 5.72. The smallest absolute Gasteiger partial charge is 0.376 e. The number of hydrogen-bond acceptors (Lipinski definition) is 2. The number of halogens is 3. The molecule has 2 N–H and O–H groups in total. The van der Waals surface area contributed by atoms with Crippen LogP contribution in [0.15, 0.2) is 42.5 Å². The molecule has 0 heterocycles. The quantitative estimate of drug-likeness (QED) is 0.779. The lowest BCUT2D eigenvalue weighted by Gasteiger charge is -2.17. The largest absolute Gasteiger partial charge is 0.418 e. The number of rotatable bonds is 5. The Bertz CT molecular complexity index is 755. The molecule has 3 nitrogen and oxygen atoms in total. The standard InChI is InChI=1S/C19H21F3N2O/c1-12(2)14-8-6-7-13(3)18(14)24-17(25)11-23-16-10-5-4-9-15(16)19(20,21)22/h4-10,12,23H,11H2,1-3H3,(H,24,25). The van der Waals surface area contributed by atoms with E-state index >= 15 is 0 Å². The van der Waals surface area contributed by atoms with Crippen molar-refractivity contribution in [1.82, 2.24) is 0 Å². The molecule has 0 saturated carbocycles. The van der Waals surface area contributed by atoms with Gasteiger partial charge in [-0.05, 0) is 36.1 Å². The van der Waals surface area contributed by atoms with Crippen molar-refractivity contribution in [3.05, 3.63) is 59.2 Å². The Morgan fingerprint density at radius 2 is 1.76 bits per heavy atom. The van der Waals surface area contributed by atoms with Crippen LogP contribution in [0.4, 0.5) is 24.5 Å². The summed E-state index contributed by atoms with van der Waals surface area (Å²) in [6, 6.07) is 10.8. The molecule has 2 rings (SSSR count). The molecule has 0 unspecified atom stereocenters. The van der Waals surface area contributed by atoms with Crippen LogP contribution in [0.25, 0.3) is 0 Å². The van der Waals surface area contributed by atoms with E-state index < -0.39 is 17.6 Å². The number of alkyl halides is 3. The van der Waals surface area contributed by atoms with Gasteiger partial charge in [-0.25, -0.2) is 0 Å². The summed E-state index contributed by atoms with van der Waals surface area (Å²) in [4.78, 5) is 12.2. The van der Waals surface area contributed by atoms with E-state index in [0.29, 0.717) is 5.69 Å². The van der Waals surface area contributed by atoms with Crippen LogP contribution in [0.3, 0.4) is 0 Å². The van der Waals surface area contributed by atoms with Crippen LogP contribution in [-0.4, -0.2) is 12.5 Å². The Morgan fingerprint density at radius 3 is 2.40 bits per heavy atom. The van der Waals surface area contributed by atoms with Crippen molar-refractivity contribution in [2.75, 3.05) is 17.2 Å². The lowest BCUT2D eigenvalue weighted by molar-refractivity contribution is -0.137. The molecule has 0 aliphatic rings. The third kappa shape index (κ3) is 4.75. The van der Waals surface area contributed by atoms with Gasteiger partial charge in [-0.2, -0.15) is 13.2 Å². The highest BCUT2D eigenvalue weighted by atomic mass is 19.4. The van der Waals surface area contributed by atoms with Crippen LogP contribution in [0.2, 0.25) is 0 Å². The summed E-state index contributed by atoms with van der Waals surface area (Å²) in [5.41, 5.74) is 1.72. The number of nitrogens with one attached hydrogen (secondary N) is 2. The third-order valence-corrected chi connectivity index (χ3v) is 3.86. The van der Waals surface area contributed by atoms with E-state index in [-0.39, 0.29) is 18.2 Å². The van der Waals surface area contributed by atoms with E-state index in [4.69, 9.17) is 0 Å². The van der Waals surface area contributed by atoms with Crippen molar-refractivity contribution in [1.29, 1.82) is 0 Å². The van der Waals surface area contributed by atoms with Gasteiger partial charge < -0.3 is 10.6 Å². The SMILES string of the molecule is Cc1cccc(C(C)C)c1NC(=O)CNc1ccccc1C(F)(F)F. The van der Waals surface area contributed by atoms with Crippen molar-refractivity contribution in [2.24, 2.45) is 0 Å². The molecule has 0 spiro atoms. The molecule has 134 valence electrons. The van der Waals surface area contributed by atoms with Gasteiger partial charge in [0.25, 0.3) is 0 Å². The summed E-state index contributed by atoms with van der Waals surface area (Å²) in [5, 5.41) is 5.38. The summed E-state index contributed by atoms with van der Waals surface area (Å²) in [5.74, 6) is -0.178. The van der Waals surface area contributed by atoms with Crippen LogP contribution in [-0.2, 0) is 11.0 Å². The molecule has 0 saturated heterocycles. The van der Waals surface area contributed by atoms with E-state index in [2.05, 4.69) is 10.6 Å². The molecule has 0 radical (unpaired) electrons. The molecule has 0 atom stereocenters. The van der Waals surface area contributed by atoms with Crippen molar-refractivity contribution in [3.63, 3.8) is 0 Å². The third-order valence-electron chi connectivity index (χ3n) is 3.86. The van der Waals surface area contributed by atoms with E-state index in [1.54, 1.807) is 0 Å². The van der Waals surface area contributed by atoms with E-state index in [0.717, 1.165) is 17.2 Å². The minimum atomic E-state index is -4.47. The molecule has 0 aliphatic heterocycles. The Hall–Kier alpha value is -2.50. The topological polar surface area (TPSA) is 41.1 Å². The van der Waals surface area contributed by atoms with E-state index in [1.807, 2.05) is 39.0 Å². The first kappa shape index (κ1) is 18.8. The van der Waals surface area contributed by atoms with Gasteiger partial charge in [0.2, 0.25) is 5.91 Å². The van der Waals surface area contributed by atoms with Crippen molar-refractivity contribution >= 4 is 17.3 Å². The average Bonchev–Trinajstić information content (AvgIpc) is 2.54. The number of benzene rings is 2. The minimum Gasteiger partial charge on any atom is -0.376 e. The van der Waals surface area contributed by atoms with Gasteiger partial charge in [0.05, 0.1) is 12.1 Å². The molecule has 1 amide bonds. The number of carbonyl (C=O) groups excluding carboxylic acids is 1. The van der Waals surface area contributed by atoms with Gasteiger partial charge in [-0.3, -0.25) is 4.79 Å². The van der Waals surface area contributed by atoms with Crippen LogP contribution in [0.1, 0.15) is 36.5 Å². The monoisotopic (exact) mass is 350 g/mol. The zero-order valence-electron chi connectivity index (χ0n) is 14.4. The number of carbonyl (C=O) groups is 1. The molecule has 0 aliphatic carbocycles. The van der Waals surface area contributed by atoms with Gasteiger partial charge in [0.15, 0.2) is 0 Å². The fourth-order valence-corrected chi connectivity index (χ4v) is 2.59. The summed E-state index contributed by atoms with van der Waals surface area (Å²) >= 11 is 0. The molecule has 25 heavy (non-hydrogen) atoms. The fraction of sp³-hybridized carbons (Fsp3) is 0.316. The lowest BCUT2D eigenvalue weighted by atomic mass is 9.98. The van der Waals surface area contributed by atoms with Crippen LogP contribution >= 0.6 is 0 Å². The van der Waals surface area contributed by atoms with Crippen LogP contribution in [0.5, 0.6) is 0 Å². The Labute approximate surface area is 145 Å². The molecule has 2 aromatic rings. The molecular weight excluding hydrogens is 329 g/mol.